The monoisotopic (exact) mass is 451 g/mol. The fourth-order valence-corrected chi connectivity index (χ4v) is 4.75. The van der Waals surface area contributed by atoms with Crippen molar-refractivity contribution in [1.82, 2.24) is 19.5 Å². The van der Waals surface area contributed by atoms with Crippen LogP contribution in [0.15, 0.2) is 74.9 Å². The van der Waals surface area contributed by atoms with Crippen LogP contribution in [-0.2, 0) is 6.54 Å². The summed E-state index contributed by atoms with van der Waals surface area (Å²) in [4.78, 5) is 25.7. The van der Waals surface area contributed by atoms with Gasteiger partial charge >= 0.3 is 5.63 Å². The predicted molar refractivity (Wildman–Crippen MR) is 126 cm³/mol. The van der Waals surface area contributed by atoms with Crippen LogP contribution in [0.4, 0.5) is 10.2 Å². The third-order valence-corrected chi connectivity index (χ3v) is 6.21. The van der Waals surface area contributed by atoms with Gasteiger partial charge in [-0.2, -0.15) is 0 Å². The van der Waals surface area contributed by atoms with Crippen molar-refractivity contribution in [3.05, 3.63) is 83.1 Å². The minimum absolute atomic E-state index is 0.209. The van der Waals surface area contributed by atoms with E-state index in [4.69, 9.17) is 14.6 Å². The van der Waals surface area contributed by atoms with Crippen molar-refractivity contribution in [1.29, 1.82) is 0 Å². The van der Waals surface area contributed by atoms with Gasteiger partial charge in [0, 0.05) is 28.9 Å². The molecule has 0 saturated heterocycles. The molecule has 7 aromatic rings. The second-order valence-electron chi connectivity index (χ2n) is 8.08. The molecule has 0 aliphatic heterocycles. The molecule has 0 unspecified atom stereocenters. The Morgan fingerprint density at radius 2 is 1.91 bits per heavy atom. The quantitative estimate of drug-likeness (QED) is 0.403. The molecule has 0 fully saturated rings. The van der Waals surface area contributed by atoms with E-state index in [9.17, 15) is 4.79 Å². The Hall–Kier alpha value is -4.79. The molecule has 5 aromatic heterocycles. The molecule has 2 aromatic carbocycles. The van der Waals surface area contributed by atoms with Crippen LogP contribution in [0.3, 0.4) is 0 Å². The molecule has 0 radical (unpaired) electrons. The number of nitrogen functional groups attached to an aromatic ring is 1. The van der Waals surface area contributed by atoms with Crippen molar-refractivity contribution >= 4 is 60.6 Å². The highest BCUT2D eigenvalue weighted by Crippen LogP contribution is 2.39. The summed E-state index contributed by atoms with van der Waals surface area (Å²) in [6, 6.07) is 12.2. The van der Waals surface area contributed by atoms with Gasteiger partial charge in [0.15, 0.2) is 0 Å². The minimum atomic E-state index is -0.565. The number of nitrogens with two attached hydrogens (primary N) is 1. The standard InChI is InChI=1S/C25H14FN5O3/c26-16-9-18-20(22-13(16)5-7-33-22)19-15-2-1-6-28-24(15)34-25(32)21(19)31(18)10-12-3-4-14-17(8-12)29-11-30-23(14)27/h1-9,11H,10H2,(H2,27,29,30). The SMILES string of the molecule is Nc1ncnc2cc(Cn3c4cc(F)c5ccoc5c4c4c5cccnc5oc(=O)c43)ccc12. The smallest absolute Gasteiger partial charge is 0.362 e. The molecule has 2 N–H and O–H groups in total. The highest BCUT2D eigenvalue weighted by Gasteiger charge is 2.23. The summed E-state index contributed by atoms with van der Waals surface area (Å²) in [6.07, 6.45) is 4.40. The molecule has 0 aliphatic carbocycles. The number of fused-ring (bicyclic) bond motifs is 8. The van der Waals surface area contributed by atoms with Crippen LogP contribution in [0, 0.1) is 5.82 Å². The number of aromatic nitrogens is 4. The topological polar surface area (TPSA) is 113 Å². The van der Waals surface area contributed by atoms with Gasteiger partial charge in [-0.25, -0.2) is 24.1 Å². The van der Waals surface area contributed by atoms with E-state index in [1.807, 2.05) is 24.3 Å². The molecule has 34 heavy (non-hydrogen) atoms. The van der Waals surface area contributed by atoms with Gasteiger partial charge in [0.25, 0.3) is 0 Å². The number of anilines is 1. The van der Waals surface area contributed by atoms with Crippen molar-refractivity contribution < 1.29 is 13.2 Å². The molecule has 0 amide bonds. The maximum absolute atomic E-state index is 15.0. The third-order valence-electron chi connectivity index (χ3n) is 6.21. The zero-order chi connectivity index (χ0) is 23.0. The number of halogens is 1. The van der Waals surface area contributed by atoms with Gasteiger partial charge in [0.2, 0.25) is 5.71 Å². The van der Waals surface area contributed by atoms with Crippen LogP contribution in [0.5, 0.6) is 0 Å². The van der Waals surface area contributed by atoms with Crippen LogP contribution in [-0.4, -0.2) is 19.5 Å². The van der Waals surface area contributed by atoms with Crippen LogP contribution in [0.25, 0.3) is 54.8 Å². The van der Waals surface area contributed by atoms with E-state index in [1.165, 1.54) is 18.7 Å². The Morgan fingerprint density at radius 1 is 1.00 bits per heavy atom. The first kappa shape index (κ1) is 18.8. The summed E-state index contributed by atoms with van der Waals surface area (Å²) in [7, 11) is 0. The molecule has 0 spiro atoms. The molecule has 8 nitrogen and oxygen atoms in total. The van der Waals surface area contributed by atoms with Crippen LogP contribution in [0.1, 0.15) is 5.56 Å². The molecule has 5 heterocycles. The number of nitrogens with zero attached hydrogens (tertiary/aromatic N) is 4. The molecule has 0 aliphatic rings. The number of rotatable bonds is 2. The van der Waals surface area contributed by atoms with Gasteiger partial charge in [0.05, 0.1) is 28.1 Å². The Labute approximate surface area is 189 Å². The second kappa shape index (κ2) is 6.61. The summed E-state index contributed by atoms with van der Waals surface area (Å²) >= 11 is 0. The molecule has 164 valence electrons. The van der Waals surface area contributed by atoms with E-state index in [-0.39, 0.29) is 12.3 Å². The number of benzene rings is 2. The fourth-order valence-electron chi connectivity index (χ4n) is 4.75. The first-order valence-corrected chi connectivity index (χ1v) is 10.5. The van der Waals surface area contributed by atoms with Crippen molar-refractivity contribution in [2.24, 2.45) is 0 Å². The maximum Gasteiger partial charge on any atom is 0.362 e. The largest absolute Gasteiger partial charge is 0.463 e. The number of hydrogen-bond acceptors (Lipinski definition) is 7. The highest BCUT2D eigenvalue weighted by atomic mass is 19.1. The van der Waals surface area contributed by atoms with Crippen LogP contribution < -0.4 is 11.4 Å². The third kappa shape index (κ3) is 2.46. The lowest BCUT2D eigenvalue weighted by molar-refractivity contribution is 0.553. The van der Waals surface area contributed by atoms with Crippen molar-refractivity contribution in [2.75, 3.05) is 5.73 Å². The lowest BCUT2D eigenvalue weighted by atomic mass is 10.1. The maximum atomic E-state index is 15.0. The van der Waals surface area contributed by atoms with Gasteiger partial charge in [0.1, 0.15) is 29.1 Å². The average molecular weight is 451 g/mol. The zero-order valence-electron chi connectivity index (χ0n) is 17.4. The predicted octanol–water partition coefficient (Wildman–Crippen LogP) is 4.75. The minimum Gasteiger partial charge on any atom is -0.463 e. The Morgan fingerprint density at radius 3 is 2.82 bits per heavy atom. The van der Waals surface area contributed by atoms with E-state index in [0.29, 0.717) is 49.5 Å². The first-order valence-electron chi connectivity index (χ1n) is 10.5. The van der Waals surface area contributed by atoms with E-state index >= 15 is 4.39 Å². The molecular formula is C25H14FN5O3. The average Bonchev–Trinajstić information content (AvgIpc) is 3.44. The summed E-state index contributed by atoms with van der Waals surface area (Å²) in [5, 5.41) is 2.96. The Kier molecular flexibility index (Phi) is 3.65. The molecule has 0 bridgehead atoms. The number of pyridine rings is 1. The van der Waals surface area contributed by atoms with E-state index in [1.54, 1.807) is 22.9 Å². The fraction of sp³-hybridized carbons (Fsp3) is 0.0400. The first-order chi connectivity index (χ1) is 16.6. The Balaban J connectivity index is 1.62. The van der Waals surface area contributed by atoms with Gasteiger partial charge in [-0.3, -0.25) is 0 Å². The summed E-state index contributed by atoms with van der Waals surface area (Å²) in [5.41, 5.74) is 8.31. The highest BCUT2D eigenvalue weighted by molar-refractivity contribution is 6.25. The van der Waals surface area contributed by atoms with E-state index < -0.39 is 11.4 Å². The van der Waals surface area contributed by atoms with Gasteiger partial charge < -0.3 is 19.1 Å². The molecule has 0 atom stereocenters. The van der Waals surface area contributed by atoms with Gasteiger partial charge in [-0.1, -0.05) is 6.07 Å². The van der Waals surface area contributed by atoms with Gasteiger partial charge in [-0.15, -0.1) is 0 Å². The van der Waals surface area contributed by atoms with E-state index in [0.717, 1.165) is 10.9 Å². The molecular weight excluding hydrogens is 437 g/mol. The normalized spacial score (nSPS) is 12.0. The number of hydrogen-bond donors (Lipinski definition) is 1. The second-order valence-corrected chi connectivity index (χ2v) is 8.08. The van der Waals surface area contributed by atoms with Crippen LogP contribution in [0.2, 0.25) is 0 Å². The number of furan rings is 1. The summed E-state index contributed by atoms with van der Waals surface area (Å²) < 4.78 is 28.0. The van der Waals surface area contributed by atoms with Gasteiger partial charge in [-0.05, 0) is 42.0 Å². The Bertz CT molecular complexity index is 2000. The van der Waals surface area contributed by atoms with E-state index in [2.05, 4.69) is 15.0 Å². The lowest BCUT2D eigenvalue weighted by Gasteiger charge is -2.09. The summed E-state index contributed by atoms with van der Waals surface area (Å²) in [5.74, 6) is -0.0542. The lowest BCUT2D eigenvalue weighted by Crippen LogP contribution is -2.09. The summed E-state index contributed by atoms with van der Waals surface area (Å²) in [6.45, 7) is 0.266. The molecule has 7 rings (SSSR count). The van der Waals surface area contributed by atoms with Crippen molar-refractivity contribution in [3.63, 3.8) is 0 Å². The van der Waals surface area contributed by atoms with Crippen molar-refractivity contribution in [3.8, 4) is 0 Å². The molecule has 0 saturated carbocycles. The van der Waals surface area contributed by atoms with Crippen LogP contribution >= 0.6 is 0 Å². The van der Waals surface area contributed by atoms with Crippen molar-refractivity contribution in [2.45, 2.75) is 6.54 Å². The zero-order valence-corrected chi connectivity index (χ0v) is 17.4. The molecule has 9 heteroatoms.